The first kappa shape index (κ1) is 9.87. The maximum atomic E-state index is 9.45. The summed E-state index contributed by atoms with van der Waals surface area (Å²) in [4.78, 5) is 0. The molecule has 1 aliphatic heterocycles. The van der Waals surface area contributed by atoms with E-state index in [-0.39, 0.29) is 5.75 Å². The summed E-state index contributed by atoms with van der Waals surface area (Å²) >= 11 is 0. The number of hydrogen-bond acceptors (Lipinski definition) is 4. The molecular weight excluding hydrogens is 218 g/mol. The van der Waals surface area contributed by atoms with Crippen LogP contribution < -0.4 is 0 Å². The van der Waals surface area contributed by atoms with Crippen molar-refractivity contribution < 1.29 is 9.84 Å². The molecule has 1 aromatic carbocycles. The molecule has 0 fully saturated rings. The standard InChI is InChI=1S/C12H9N3O2/c13-5-11-10-6-17-7-12(10)15(14-11)8-2-1-3-9(16)4-8/h1-4,16H,6-7H2. The average molecular weight is 227 g/mol. The van der Waals surface area contributed by atoms with E-state index in [1.165, 1.54) is 0 Å². The fourth-order valence-corrected chi connectivity index (χ4v) is 1.96. The summed E-state index contributed by atoms with van der Waals surface area (Å²) in [5, 5.41) is 22.7. The number of benzene rings is 1. The van der Waals surface area contributed by atoms with Crippen LogP contribution in [0.1, 0.15) is 17.0 Å². The Morgan fingerprint density at radius 1 is 1.41 bits per heavy atom. The number of ether oxygens (including phenoxy) is 1. The predicted molar refractivity (Wildman–Crippen MR) is 58.4 cm³/mol. The highest BCUT2D eigenvalue weighted by Gasteiger charge is 2.23. The largest absolute Gasteiger partial charge is 0.508 e. The molecule has 1 aliphatic rings. The van der Waals surface area contributed by atoms with Gasteiger partial charge in [0.2, 0.25) is 0 Å². The highest BCUT2D eigenvalue weighted by atomic mass is 16.5. The topological polar surface area (TPSA) is 71.1 Å². The Bertz CT molecular complexity index is 625. The van der Waals surface area contributed by atoms with Crippen molar-refractivity contribution >= 4 is 0 Å². The van der Waals surface area contributed by atoms with Gasteiger partial charge in [-0.1, -0.05) is 6.07 Å². The fraction of sp³-hybridized carbons (Fsp3) is 0.167. The number of aromatic hydroxyl groups is 1. The van der Waals surface area contributed by atoms with Crippen LogP contribution in [0, 0.1) is 11.3 Å². The Morgan fingerprint density at radius 2 is 2.29 bits per heavy atom. The van der Waals surface area contributed by atoms with Crippen molar-refractivity contribution in [2.24, 2.45) is 0 Å². The maximum absolute atomic E-state index is 9.45. The number of rotatable bonds is 1. The number of nitrogens with zero attached hydrogens (tertiary/aromatic N) is 3. The third-order valence-electron chi connectivity index (χ3n) is 2.76. The van der Waals surface area contributed by atoms with E-state index in [9.17, 15) is 5.11 Å². The molecule has 1 N–H and O–H groups in total. The number of nitriles is 1. The first-order valence-electron chi connectivity index (χ1n) is 5.17. The molecular formula is C12H9N3O2. The van der Waals surface area contributed by atoms with Crippen LogP contribution in [0.5, 0.6) is 5.75 Å². The quantitative estimate of drug-likeness (QED) is 0.801. The van der Waals surface area contributed by atoms with E-state index in [1.807, 2.05) is 6.07 Å². The van der Waals surface area contributed by atoms with Crippen LogP contribution in [0.15, 0.2) is 24.3 Å². The molecule has 84 valence electrons. The van der Waals surface area contributed by atoms with Crippen LogP contribution in [0.25, 0.3) is 5.69 Å². The molecule has 1 aromatic heterocycles. The Hall–Kier alpha value is -2.32. The second kappa shape index (κ2) is 3.61. The van der Waals surface area contributed by atoms with Gasteiger partial charge in [-0.05, 0) is 12.1 Å². The second-order valence-corrected chi connectivity index (χ2v) is 3.81. The molecule has 0 amide bonds. The van der Waals surface area contributed by atoms with Crippen LogP contribution in [0.2, 0.25) is 0 Å². The van der Waals surface area contributed by atoms with Crippen molar-refractivity contribution in [1.82, 2.24) is 9.78 Å². The van der Waals surface area contributed by atoms with Crippen molar-refractivity contribution in [3.63, 3.8) is 0 Å². The lowest BCUT2D eigenvalue weighted by molar-refractivity contribution is 0.130. The van der Waals surface area contributed by atoms with E-state index in [2.05, 4.69) is 11.2 Å². The van der Waals surface area contributed by atoms with Crippen molar-refractivity contribution in [2.45, 2.75) is 13.2 Å². The fourth-order valence-electron chi connectivity index (χ4n) is 1.96. The van der Waals surface area contributed by atoms with Crippen LogP contribution in [0.4, 0.5) is 0 Å². The molecule has 0 saturated carbocycles. The van der Waals surface area contributed by atoms with E-state index < -0.39 is 0 Å². The van der Waals surface area contributed by atoms with Gasteiger partial charge in [-0.2, -0.15) is 10.4 Å². The van der Waals surface area contributed by atoms with Crippen molar-refractivity contribution in [3.8, 4) is 17.5 Å². The average Bonchev–Trinajstić information content (AvgIpc) is 2.89. The minimum atomic E-state index is 0.171. The third-order valence-corrected chi connectivity index (χ3v) is 2.76. The first-order valence-corrected chi connectivity index (χ1v) is 5.17. The zero-order valence-electron chi connectivity index (χ0n) is 8.92. The molecule has 0 spiro atoms. The molecule has 0 bridgehead atoms. The number of phenolic OH excluding ortho intramolecular Hbond substituents is 1. The van der Waals surface area contributed by atoms with Gasteiger partial charge < -0.3 is 9.84 Å². The van der Waals surface area contributed by atoms with Gasteiger partial charge in [-0.3, -0.25) is 0 Å². The lowest BCUT2D eigenvalue weighted by atomic mass is 10.2. The summed E-state index contributed by atoms with van der Waals surface area (Å²) in [6.07, 6.45) is 0. The summed E-state index contributed by atoms with van der Waals surface area (Å²) in [5.74, 6) is 0.171. The minimum Gasteiger partial charge on any atom is -0.508 e. The maximum Gasteiger partial charge on any atom is 0.168 e. The molecule has 0 unspecified atom stereocenters. The van der Waals surface area contributed by atoms with Gasteiger partial charge >= 0.3 is 0 Å². The first-order chi connectivity index (χ1) is 8.29. The molecule has 17 heavy (non-hydrogen) atoms. The molecule has 5 nitrogen and oxygen atoms in total. The third kappa shape index (κ3) is 1.47. The van der Waals surface area contributed by atoms with Crippen molar-refractivity contribution in [1.29, 1.82) is 5.26 Å². The summed E-state index contributed by atoms with van der Waals surface area (Å²) in [5.41, 5.74) is 2.84. The lowest BCUT2D eigenvalue weighted by Gasteiger charge is -2.04. The minimum absolute atomic E-state index is 0.171. The Labute approximate surface area is 97.5 Å². The highest BCUT2D eigenvalue weighted by Crippen LogP contribution is 2.26. The molecule has 0 saturated heterocycles. The Kier molecular flexibility index (Phi) is 2.10. The lowest BCUT2D eigenvalue weighted by Crippen LogP contribution is -2.01. The SMILES string of the molecule is N#Cc1nn(-c2cccc(O)c2)c2c1COC2. The van der Waals surface area contributed by atoms with Gasteiger partial charge in [0.25, 0.3) is 0 Å². The molecule has 2 aromatic rings. The van der Waals surface area contributed by atoms with E-state index in [1.54, 1.807) is 22.9 Å². The monoisotopic (exact) mass is 227 g/mol. The van der Waals surface area contributed by atoms with E-state index in [4.69, 9.17) is 10.00 Å². The summed E-state index contributed by atoms with van der Waals surface area (Å²) in [6, 6.07) is 8.82. The number of fused-ring (bicyclic) bond motifs is 1. The van der Waals surface area contributed by atoms with Gasteiger partial charge in [-0.15, -0.1) is 0 Å². The number of phenols is 1. The van der Waals surface area contributed by atoms with Gasteiger partial charge in [0.15, 0.2) is 5.69 Å². The zero-order chi connectivity index (χ0) is 11.8. The number of hydrogen-bond donors (Lipinski definition) is 1. The summed E-state index contributed by atoms with van der Waals surface area (Å²) in [6.45, 7) is 0.872. The molecule has 0 radical (unpaired) electrons. The normalized spacial score (nSPS) is 13.4. The summed E-state index contributed by atoms with van der Waals surface area (Å²) < 4.78 is 6.97. The van der Waals surface area contributed by atoms with Crippen molar-refractivity contribution in [2.75, 3.05) is 0 Å². The van der Waals surface area contributed by atoms with Crippen LogP contribution in [-0.4, -0.2) is 14.9 Å². The predicted octanol–water partition coefficient (Wildman–Crippen LogP) is 1.48. The highest BCUT2D eigenvalue weighted by molar-refractivity contribution is 5.44. The molecule has 3 rings (SSSR count). The van der Waals surface area contributed by atoms with E-state index >= 15 is 0 Å². The Morgan fingerprint density at radius 3 is 3.06 bits per heavy atom. The molecule has 0 atom stereocenters. The number of aromatic nitrogens is 2. The second-order valence-electron chi connectivity index (χ2n) is 3.81. The smallest absolute Gasteiger partial charge is 0.168 e. The van der Waals surface area contributed by atoms with Gasteiger partial charge in [0.1, 0.15) is 11.8 Å². The molecule has 2 heterocycles. The Balaban J connectivity index is 2.19. The molecule has 5 heteroatoms. The van der Waals surface area contributed by atoms with Crippen molar-refractivity contribution in [3.05, 3.63) is 41.2 Å². The van der Waals surface area contributed by atoms with Gasteiger partial charge in [0.05, 0.1) is 24.6 Å². The van der Waals surface area contributed by atoms with Crippen LogP contribution in [0.3, 0.4) is 0 Å². The van der Waals surface area contributed by atoms with Crippen LogP contribution in [-0.2, 0) is 18.0 Å². The van der Waals surface area contributed by atoms with E-state index in [0.29, 0.717) is 18.9 Å². The summed E-state index contributed by atoms with van der Waals surface area (Å²) in [7, 11) is 0. The zero-order valence-corrected chi connectivity index (χ0v) is 8.92. The van der Waals surface area contributed by atoms with Crippen LogP contribution >= 0.6 is 0 Å². The van der Waals surface area contributed by atoms with Gasteiger partial charge in [-0.25, -0.2) is 4.68 Å². The van der Waals surface area contributed by atoms with E-state index in [0.717, 1.165) is 16.9 Å². The molecule has 0 aliphatic carbocycles. The van der Waals surface area contributed by atoms with Gasteiger partial charge in [0, 0.05) is 11.6 Å².